The predicted octanol–water partition coefficient (Wildman–Crippen LogP) is 2.48. The largest absolute Gasteiger partial charge is 0.303 e. The van der Waals surface area contributed by atoms with E-state index in [0.29, 0.717) is 12.0 Å². The van der Waals surface area contributed by atoms with Crippen molar-refractivity contribution in [1.29, 1.82) is 0 Å². The zero-order valence-electron chi connectivity index (χ0n) is 10.9. The number of hydrogen-bond acceptors (Lipinski definition) is 2. The van der Waals surface area contributed by atoms with Crippen molar-refractivity contribution in [1.82, 2.24) is 4.90 Å². The second-order valence-electron chi connectivity index (χ2n) is 5.42. The van der Waals surface area contributed by atoms with Crippen molar-refractivity contribution in [2.24, 2.45) is 5.92 Å². The van der Waals surface area contributed by atoms with E-state index in [-0.39, 0.29) is 5.41 Å². The molecular weight excluding hydrogens is 210 g/mol. The molecule has 2 rings (SSSR count). The Labute approximate surface area is 104 Å². The molecule has 0 spiro atoms. The van der Waals surface area contributed by atoms with Crippen molar-refractivity contribution < 1.29 is 4.79 Å². The molecule has 1 aromatic rings. The SMILES string of the molecule is CC1CC(C=O)(c2ccccc2)C(C)CN1C. The van der Waals surface area contributed by atoms with Gasteiger partial charge < -0.3 is 9.69 Å². The maximum absolute atomic E-state index is 11.7. The maximum atomic E-state index is 11.7. The van der Waals surface area contributed by atoms with E-state index in [1.54, 1.807) is 0 Å². The average molecular weight is 231 g/mol. The topological polar surface area (TPSA) is 20.3 Å². The molecule has 92 valence electrons. The van der Waals surface area contributed by atoms with E-state index in [9.17, 15) is 4.79 Å². The van der Waals surface area contributed by atoms with Crippen molar-refractivity contribution in [3.8, 4) is 0 Å². The number of aldehydes is 1. The van der Waals surface area contributed by atoms with Crippen LogP contribution in [0.2, 0.25) is 0 Å². The lowest BCUT2D eigenvalue weighted by Gasteiger charge is -2.46. The number of benzene rings is 1. The molecule has 3 atom stereocenters. The van der Waals surface area contributed by atoms with Crippen LogP contribution >= 0.6 is 0 Å². The number of hydrogen-bond donors (Lipinski definition) is 0. The lowest BCUT2D eigenvalue weighted by molar-refractivity contribution is -0.117. The minimum absolute atomic E-state index is 0.298. The van der Waals surface area contributed by atoms with Gasteiger partial charge in [0.1, 0.15) is 6.29 Å². The third kappa shape index (κ3) is 2.02. The zero-order valence-corrected chi connectivity index (χ0v) is 10.9. The molecular formula is C15H21NO. The normalized spacial score (nSPS) is 34.5. The Morgan fingerprint density at radius 3 is 2.53 bits per heavy atom. The number of likely N-dealkylation sites (tertiary alicyclic amines) is 1. The molecule has 0 radical (unpaired) electrons. The van der Waals surface area contributed by atoms with Gasteiger partial charge in [0.2, 0.25) is 0 Å². The van der Waals surface area contributed by atoms with Crippen molar-refractivity contribution in [2.75, 3.05) is 13.6 Å². The summed E-state index contributed by atoms with van der Waals surface area (Å²) in [4.78, 5) is 14.1. The number of carbonyl (C=O) groups is 1. The average Bonchev–Trinajstić information content (AvgIpc) is 2.35. The number of rotatable bonds is 2. The molecule has 0 bridgehead atoms. The Morgan fingerprint density at radius 1 is 1.29 bits per heavy atom. The molecule has 0 amide bonds. The highest BCUT2D eigenvalue weighted by molar-refractivity contribution is 5.69. The second kappa shape index (κ2) is 4.61. The summed E-state index contributed by atoms with van der Waals surface area (Å²) in [6.07, 6.45) is 2.09. The molecule has 0 aromatic heterocycles. The molecule has 2 nitrogen and oxygen atoms in total. The molecule has 1 aliphatic heterocycles. The van der Waals surface area contributed by atoms with Crippen molar-refractivity contribution in [3.63, 3.8) is 0 Å². The van der Waals surface area contributed by atoms with E-state index >= 15 is 0 Å². The van der Waals surface area contributed by atoms with Gasteiger partial charge in [-0.25, -0.2) is 0 Å². The Bertz CT molecular complexity index is 389. The van der Waals surface area contributed by atoms with Gasteiger partial charge in [0.05, 0.1) is 5.41 Å². The van der Waals surface area contributed by atoms with Gasteiger partial charge >= 0.3 is 0 Å². The zero-order chi connectivity index (χ0) is 12.5. The summed E-state index contributed by atoms with van der Waals surface area (Å²) in [5.74, 6) is 0.364. The summed E-state index contributed by atoms with van der Waals surface area (Å²) < 4.78 is 0. The molecule has 0 saturated carbocycles. The van der Waals surface area contributed by atoms with E-state index in [2.05, 4.69) is 37.9 Å². The molecule has 1 aromatic carbocycles. The summed E-state index contributed by atoms with van der Waals surface area (Å²) in [5, 5.41) is 0. The minimum atomic E-state index is -0.298. The van der Waals surface area contributed by atoms with E-state index in [1.165, 1.54) is 11.8 Å². The predicted molar refractivity (Wildman–Crippen MR) is 70.1 cm³/mol. The molecule has 1 heterocycles. The Hall–Kier alpha value is -1.15. The van der Waals surface area contributed by atoms with Crippen LogP contribution in [0, 0.1) is 5.92 Å². The molecule has 1 saturated heterocycles. The summed E-state index contributed by atoms with van der Waals surface area (Å²) in [6.45, 7) is 5.37. The van der Waals surface area contributed by atoms with Gasteiger partial charge in [-0.1, -0.05) is 37.3 Å². The van der Waals surface area contributed by atoms with Gasteiger partial charge in [0, 0.05) is 12.6 Å². The molecule has 0 aliphatic carbocycles. The lowest BCUT2D eigenvalue weighted by atomic mass is 9.66. The highest BCUT2D eigenvalue weighted by Crippen LogP contribution is 2.39. The number of carbonyl (C=O) groups excluding carboxylic acids is 1. The lowest BCUT2D eigenvalue weighted by Crippen LogP contribution is -2.52. The first-order valence-electron chi connectivity index (χ1n) is 6.32. The highest BCUT2D eigenvalue weighted by atomic mass is 16.1. The van der Waals surface area contributed by atoms with E-state index in [4.69, 9.17) is 0 Å². The first kappa shape index (κ1) is 12.3. The van der Waals surface area contributed by atoms with Gasteiger partial charge in [-0.05, 0) is 31.9 Å². The van der Waals surface area contributed by atoms with Crippen LogP contribution in [-0.4, -0.2) is 30.8 Å². The second-order valence-corrected chi connectivity index (χ2v) is 5.42. The van der Waals surface area contributed by atoms with Crippen LogP contribution in [0.4, 0.5) is 0 Å². The molecule has 0 N–H and O–H groups in total. The third-order valence-electron chi connectivity index (χ3n) is 4.35. The molecule has 2 heteroatoms. The molecule has 17 heavy (non-hydrogen) atoms. The van der Waals surface area contributed by atoms with Gasteiger partial charge in [-0.3, -0.25) is 0 Å². The van der Waals surface area contributed by atoms with Gasteiger partial charge in [-0.15, -0.1) is 0 Å². The van der Waals surface area contributed by atoms with E-state index in [0.717, 1.165) is 13.0 Å². The first-order valence-corrected chi connectivity index (χ1v) is 6.32. The van der Waals surface area contributed by atoms with Crippen LogP contribution in [0.1, 0.15) is 25.8 Å². The quantitative estimate of drug-likeness (QED) is 0.729. The van der Waals surface area contributed by atoms with Crippen LogP contribution < -0.4 is 0 Å². The highest BCUT2D eigenvalue weighted by Gasteiger charge is 2.43. The monoisotopic (exact) mass is 231 g/mol. The van der Waals surface area contributed by atoms with E-state index < -0.39 is 0 Å². The summed E-state index contributed by atoms with van der Waals surface area (Å²) >= 11 is 0. The fourth-order valence-corrected chi connectivity index (χ4v) is 3.00. The van der Waals surface area contributed by atoms with Crippen LogP contribution in [0.15, 0.2) is 30.3 Å². The number of nitrogens with zero attached hydrogens (tertiary/aromatic N) is 1. The van der Waals surface area contributed by atoms with Gasteiger partial charge in [0.15, 0.2) is 0 Å². The molecule has 3 unspecified atom stereocenters. The van der Waals surface area contributed by atoms with Crippen LogP contribution in [0.5, 0.6) is 0 Å². The summed E-state index contributed by atoms with van der Waals surface area (Å²) in [5.41, 5.74) is 0.871. The van der Waals surface area contributed by atoms with Crippen LogP contribution in [-0.2, 0) is 10.2 Å². The van der Waals surface area contributed by atoms with Crippen LogP contribution in [0.25, 0.3) is 0 Å². The minimum Gasteiger partial charge on any atom is -0.303 e. The van der Waals surface area contributed by atoms with Gasteiger partial charge in [0.25, 0.3) is 0 Å². The fraction of sp³-hybridized carbons (Fsp3) is 0.533. The number of piperidine rings is 1. The Balaban J connectivity index is 2.40. The fourth-order valence-electron chi connectivity index (χ4n) is 3.00. The first-order chi connectivity index (χ1) is 8.10. The maximum Gasteiger partial charge on any atom is 0.130 e. The van der Waals surface area contributed by atoms with Crippen molar-refractivity contribution in [3.05, 3.63) is 35.9 Å². The van der Waals surface area contributed by atoms with Crippen LogP contribution in [0.3, 0.4) is 0 Å². The van der Waals surface area contributed by atoms with E-state index in [1.807, 2.05) is 18.2 Å². The molecule has 1 fully saturated rings. The smallest absolute Gasteiger partial charge is 0.130 e. The van der Waals surface area contributed by atoms with Crippen molar-refractivity contribution >= 4 is 6.29 Å². The summed E-state index contributed by atoms with van der Waals surface area (Å²) in [6, 6.07) is 10.7. The summed E-state index contributed by atoms with van der Waals surface area (Å²) in [7, 11) is 2.14. The third-order valence-corrected chi connectivity index (χ3v) is 4.35. The van der Waals surface area contributed by atoms with Gasteiger partial charge in [-0.2, -0.15) is 0 Å². The molecule has 1 aliphatic rings. The standard InChI is InChI=1S/C15H21NO/c1-12-10-16(3)13(2)9-15(12,11-17)14-7-5-4-6-8-14/h4-8,11-13H,9-10H2,1-3H3. The Kier molecular flexibility index (Phi) is 3.34. The van der Waals surface area contributed by atoms with Crippen molar-refractivity contribution in [2.45, 2.75) is 31.7 Å². The Morgan fingerprint density at radius 2 is 1.94 bits per heavy atom.